The first kappa shape index (κ1) is 23.2. The number of amides is 1. The molecule has 0 spiro atoms. The molecule has 2 heterocycles. The van der Waals surface area contributed by atoms with Gasteiger partial charge in [0.15, 0.2) is 15.5 Å². The number of hydrogen-bond donors (Lipinski definition) is 1. The second kappa shape index (κ2) is 9.10. The van der Waals surface area contributed by atoms with Crippen LogP contribution in [0.15, 0.2) is 68.8 Å². The Labute approximate surface area is 193 Å². The second-order valence-corrected chi connectivity index (χ2v) is 9.68. The van der Waals surface area contributed by atoms with Crippen molar-refractivity contribution in [3.63, 3.8) is 0 Å². The van der Waals surface area contributed by atoms with Crippen LogP contribution in [-0.2, 0) is 16.4 Å². The Balaban J connectivity index is 1.65. The molecule has 0 atom stereocenters. The van der Waals surface area contributed by atoms with Gasteiger partial charge in [-0.05, 0) is 43.3 Å². The molecule has 1 amide bonds. The minimum absolute atomic E-state index is 0.0106. The van der Waals surface area contributed by atoms with Crippen LogP contribution < -0.4 is 15.6 Å². The van der Waals surface area contributed by atoms with Gasteiger partial charge in [0.2, 0.25) is 0 Å². The fraction of sp³-hybridized carbons (Fsp3) is 0.174. The van der Waals surface area contributed by atoms with Crippen LogP contribution >= 0.6 is 0 Å². The van der Waals surface area contributed by atoms with E-state index in [4.69, 9.17) is 9.26 Å². The van der Waals surface area contributed by atoms with Gasteiger partial charge in [-0.15, -0.1) is 4.57 Å². The highest BCUT2D eigenvalue weighted by Crippen LogP contribution is 2.29. The SMILES string of the molecule is CCS(=O)(=O)c1ccc(OCc2cc(=O)n3oc(C)cc3n2)c(NC(=O)c2cccc(F)c2)c1. The van der Waals surface area contributed by atoms with Crippen molar-refractivity contribution in [2.75, 3.05) is 11.1 Å². The number of hydrogen-bond acceptors (Lipinski definition) is 7. The van der Waals surface area contributed by atoms with Gasteiger partial charge in [-0.3, -0.25) is 9.59 Å². The largest absolute Gasteiger partial charge is 0.485 e. The van der Waals surface area contributed by atoms with E-state index in [-0.39, 0.29) is 34.3 Å². The van der Waals surface area contributed by atoms with Gasteiger partial charge in [0.05, 0.1) is 22.0 Å². The summed E-state index contributed by atoms with van der Waals surface area (Å²) >= 11 is 0. The third kappa shape index (κ3) is 4.84. The number of aryl methyl sites for hydroxylation is 1. The number of ether oxygens (including phenoxy) is 1. The maximum atomic E-state index is 13.5. The summed E-state index contributed by atoms with van der Waals surface area (Å²) in [5.74, 6) is -0.721. The van der Waals surface area contributed by atoms with Gasteiger partial charge < -0.3 is 14.6 Å². The molecular formula is C23H20FN3O6S. The quantitative estimate of drug-likeness (QED) is 0.426. The van der Waals surface area contributed by atoms with E-state index in [9.17, 15) is 22.4 Å². The number of carbonyl (C=O) groups excluding carboxylic acids is 1. The molecular weight excluding hydrogens is 465 g/mol. The van der Waals surface area contributed by atoms with Gasteiger partial charge in [-0.2, -0.15) is 0 Å². The summed E-state index contributed by atoms with van der Waals surface area (Å²) in [5.41, 5.74) is 0.303. The fourth-order valence-corrected chi connectivity index (χ4v) is 4.12. The number of nitrogens with one attached hydrogen (secondary N) is 1. The van der Waals surface area contributed by atoms with Crippen molar-refractivity contribution in [3.8, 4) is 5.75 Å². The normalized spacial score (nSPS) is 11.5. The number of aromatic nitrogens is 2. The lowest BCUT2D eigenvalue weighted by Crippen LogP contribution is -2.16. The minimum Gasteiger partial charge on any atom is -0.485 e. The summed E-state index contributed by atoms with van der Waals surface area (Å²) in [6.45, 7) is 3.05. The Hall–Kier alpha value is -3.99. The van der Waals surface area contributed by atoms with Crippen LogP contribution in [0.5, 0.6) is 5.75 Å². The summed E-state index contributed by atoms with van der Waals surface area (Å²) < 4.78 is 50.3. The summed E-state index contributed by atoms with van der Waals surface area (Å²) in [4.78, 5) is 29.2. The number of benzene rings is 2. The van der Waals surface area contributed by atoms with Crippen LogP contribution in [0, 0.1) is 12.7 Å². The lowest BCUT2D eigenvalue weighted by Gasteiger charge is -2.14. The van der Waals surface area contributed by atoms with E-state index in [0.29, 0.717) is 17.1 Å². The molecule has 4 rings (SSSR count). The molecule has 0 aliphatic heterocycles. The zero-order valence-corrected chi connectivity index (χ0v) is 19.1. The molecule has 34 heavy (non-hydrogen) atoms. The number of rotatable bonds is 7. The molecule has 0 fully saturated rings. The standard InChI is InChI=1S/C23H20FN3O6S/c1-3-34(30,31)18-7-8-20(19(12-18)26-23(29)15-5-4-6-16(24)10-15)32-13-17-11-22(28)27-21(25-17)9-14(2)33-27/h4-12H,3,13H2,1-2H3,(H,26,29). The molecule has 0 radical (unpaired) electrons. The van der Waals surface area contributed by atoms with Crippen molar-refractivity contribution in [1.29, 1.82) is 0 Å². The molecule has 2 aromatic carbocycles. The van der Waals surface area contributed by atoms with E-state index in [1.165, 1.54) is 49.4 Å². The summed E-state index contributed by atoms with van der Waals surface area (Å²) in [7, 11) is -3.57. The number of nitrogens with zero attached hydrogens (tertiary/aromatic N) is 2. The third-order valence-electron chi connectivity index (χ3n) is 4.92. The number of sulfone groups is 1. The van der Waals surface area contributed by atoms with E-state index in [2.05, 4.69) is 10.3 Å². The van der Waals surface area contributed by atoms with Crippen molar-refractivity contribution in [3.05, 3.63) is 87.8 Å². The predicted octanol–water partition coefficient (Wildman–Crippen LogP) is 3.36. The highest BCUT2D eigenvalue weighted by atomic mass is 32.2. The average molecular weight is 485 g/mol. The topological polar surface area (TPSA) is 120 Å². The number of halogens is 1. The molecule has 0 saturated carbocycles. The Bertz CT molecular complexity index is 1560. The molecule has 0 aliphatic rings. The summed E-state index contributed by atoms with van der Waals surface area (Å²) in [6, 6.07) is 11.9. The Morgan fingerprint density at radius 1 is 1.18 bits per heavy atom. The smallest absolute Gasteiger partial charge is 0.287 e. The van der Waals surface area contributed by atoms with Crippen molar-refractivity contribution in [2.45, 2.75) is 25.3 Å². The van der Waals surface area contributed by atoms with Crippen molar-refractivity contribution in [2.24, 2.45) is 0 Å². The van der Waals surface area contributed by atoms with Gasteiger partial charge >= 0.3 is 0 Å². The van der Waals surface area contributed by atoms with E-state index in [1.807, 2.05) is 0 Å². The van der Waals surface area contributed by atoms with Crippen molar-refractivity contribution < 1.29 is 26.9 Å². The monoisotopic (exact) mass is 485 g/mol. The van der Waals surface area contributed by atoms with Gasteiger partial charge in [0.25, 0.3) is 11.5 Å². The number of carbonyl (C=O) groups is 1. The maximum absolute atomic E-state index is 13.5. The van der Waals surface area contributed by atoms with Crippen LogP contribution in [0.25, 0.3) is 5.65 Å². The number of fused-ring (bicyclic) bond motifs is 1. The molecule has 176 valence electrons. The lowest BCUT2D eigenvalue weighted by atomic mass is 10.2. The first-order valence-electron chi connectivity index (χ1n) is 10.2. The van der Waals surface area contributed by atoms with Crippen molar-refractivity contribution >= 4 is 27.1 Å². The molecule has 0 aliphatic carbocycles. The molecule has 1 N–H and O–H groups in total. The van der Waals surface area contributed by atoms with Crippen LogP contribution in [0.4, 0.5) is 10.1 Å². The van der Waals surface area contributed by atoms with E-state index in [0.717, 1.165) is 10.6 Å². The Morgan fingerprint density at radius 2 is 1.97 bits per heavy atom. The fourth-order valence-electron chi connectivity index (χ4n) is 3.22. The Morgan fingerprint density at radius 3 is 2.71 bits per heavy atom. The maximum Gasteiger partial charge on any atom is 0.287 e. The summed E-state index contributed by atoms with van der Waals surface area (Å²) in [5, 5.41) is 2.57. The van der Waals surface area contributed by atoms with E-state index < -0.39 is 27.1 Å². The first-order chi connectivity index (χ1) is 16.2. The summed E-state index contributed by atoms with van der Waals surface area (Å²) in [6.07, 6.45) is 0. The molecule has 9 nitrogen and oxygen atoms in total. The first-order valence-corrected chi connectivity index (χ1v) is 11.9. The molecule has 0 saturated heterocycles. The molecule has 0 bridgehead atoms. The van der Waals surface area contributed by atoms with E-state index in [1.54, 1.807) is 13.0 Å². The zero-order valence-electron chi connectivity index (χ0n) is 18.2. The molecule has 0 unspecified atom stereocenters. The second-order valence-electron chi connectivity index (χ2n) is 7.40. The molecule has 4 aromatic rings. The van der Waals surface area contributed by atoms with Crippen LogP contribution in [-0.4, -0.2) is 29.6 Å². The zero-order chi connectivity index (χ0) is 24.5. The molecule has 11 heteroatoms. The predicted molar refractivity (Wildman–Crippen MR) is 121 cm³/mol. The molecule has 2 aromatic heterocycles. The van der Waals surface area contributed by atoms with Crippen LogP contribution in [0.3, 0.4) is 0 Å². The lowest BCUT2D eigenvalue weighted by molar-refractivity contribution is 0.102. The minimum atomic E-state index is -3.57. The van der Waals surface area contributed by atoms with Gasteiger partial charge in [0.1, 0.15) is 23.9 Å². The van der Waals surface area contributed by atoms with Crippen LogP contribution in [0.2, 0.25) is 0 Å². The number of anilines is 1. The van der Waals surface area contributed by atoms with Gasteiger partial charge in [-0.1, -0.05) is 13.0 Å². The average Bonchev–Trinajstić information content (AvgIpc) is 3.19. The highest BCUT2D eigenvalue weighted by molar-refractivity contribution is 7.91. The third-order valence-corrected chi connectivity index (χ3v) is 6.66. The Kier molecular flexibility index (Phi) is 6.20. The van der Waals surface area contributed by atoms with Crippen molar-refractivity contribution in [1.82, 2.24) is 9.56 Å². The highest BCUT2D eigenvalue weighted by Gasteiger charge is 2.18. The van der Waals surface area contributed by atoms with Gasteiger partial charge in [0, 0.05) is 17.7 Å². The van der Waals surface area contributed by atoms with E-state index >= 15 is 0 Å². The van der Waals surface area contributed by atoms with Gasteiger partial charge in [-0.25, -0.2) is 17.8 Å². The van der Waals surface area contributed by atoms with Crippen LogP contribution in [0.1, 0.15) is 28.7 Å².